The summed E-state index contributed by atoms with van der Waals surface area (Å²) in [5.41, 5.74) is 0.405. The van der Waals surface area contributed by atoms with Gasteiger partial charge in [-0.2, -0.15) is 0 Å². The Morgan fingerprint density at radius 3 is 3.00 bits per heavy atom. The monoisotopic (exact) mass is 227 g/mol. The molecule has 1 amide bonds. The van der Waals surface area contributed by atoms with Crippen LogP contribution < -0.4 is 0 Å². The lowest BCUT2D eigenvalue weighted by atomic mass is 9.82. The van der Waals surface area contributed by atoms with Crippen LogP contribution in [-0.2, 0) is 0 Å². The van der Waals surface area contributed by atoms with Gasteiger partial charge in [-0.3, -0.25) is 4.79 Å². The van der Waals surface area contributed by atoms with E-state index in [1.54, 1.807) is 17.3 Å². The number of nitrogens with zero attached hydrogens (tertiary/aromatic N) is 3. The predicted molar refractivity (Wildman–Crippen MR) is 55.6 cm³/mol. The van der Waals surface area contributed by atoms with Crippen molar-refractivity contribution in [1.82, 2.24) is 14.5 Å². The number of aliphatic hydroxyl groups is 1. The molecule has 1 aromatic heterocycles. The van der Waals surface area contributed by atoms with E-state index in [0.29, 0.717) is 18.2 Å². The molecule has 1 aromatic rings. The van der Waals surface area contributed by atoms with Crippen LogP contribution in [0.15, 0.2) is 5.38 Å². The molecule has 1 aliphatic carbocycles. The Morgan fingerprint density at radius 1 is 1.73 bits per heavy atom. The molecule has 5 nitrogen and oxygen atoms in total. The Labute approximate surface area is 91.9 Å². The molecule has 0 aliphatic heterocycles. The molecule has 1 aliphatic rings. The topological polar surface area (TPSA) is 66.3 Å². The van der Waals surface area contributed by atoms with Crippen LogP contribution in [0.3, 0.4) is 0 Å². The minimum absolute atomic E-state index is 0.0925. The predicted octanol–water partition coefficient (Wildman–Crippen LogP) is 0.381. The first-order valence-electron chi connectivity index (χ1n) is 4.87. The van der Waals surface area contributed by atoms with Crippen molar-refractivity contribution >= 4 is 17.4 Å². The first-order chi connectivity index (χ1) is 7.16. The van der Waals surface area contributed by atoms with Crippen molar-refractivity contribution in [2.75, 3.05) is 13.6 Å². The quantitative estimate of drug-likeness (QED) is 0.810. The van der Waals surface area contributed by atoms with Crippen LogP contribution in [0, 0.1) is 5.92 Å². The zero-order valence-corrected chi connectivity index (χ0v) is 9.28. The fourth-order valence-electron chi connectivity index (χ4n) is 1.77. The van der Waals surface area contributed by atoms with Gasteiger partial charge in [0.2, 0.25) is 0 Å². The van der Waals surface area contributed by atoms with E-state index in [2.05, 4.69) is 9.59 Å². The molecule has 0 saturated heterocycles. The molecule has 0 unspecified atom stereocenters. The van der Waals surface area contributed by atoms with Gasteiger partial charge in [-0.05, 0) is 30.3 Å². The van der Waals surface area contributed by atoms with Gasteiger partial charge < -0.3 is 10.0 Å². The minimum atomic E-state index is -0.167. The third-order valence-corrected chi connectivity index (χ3v) is 3.17. The van der Waals surface area contributed by atoms with Gasteiger partial charge in [-0.1, -0.05) is 4.49 Å². The standard InChI is InChI=1S/C9H13N3O2S/c1-12(4-6-2-7(13)3-6)9(14)8-5-15-11-10-8/h5-7,13H,2-4H2,1H3. The molecule has 0 spiro atoms. The van der Waals surface area contributed by atoms with E-state index in [4.69, 9.17) is 5.11 Å². The molecule has 0 atom stereocenters. The van der Waals surface area contributed by atoms with Crippen LogP contribution in [0.5, 0.6) is 0 Å². The molecule has 2 rings (SSSR count). The van der Waals surface area contributed by atoms with Crippen molar-refractivity contribution in [2.24, 2.45) is 5.92 Å². The molecule has 0 bridgehead atoms. The van der Waals surface area contributed by atoms with E-state index in [0.717, 1.165) is 12.8 Å². The summed E-state index contributed by atoms with van der Waals surface area (Å²) in [6.45, 7) is 0.688. The molecule has 1 fully saturated rings. The van der Waals surface area contributed by atoms with Gasteiger partial charge in [0.1, 0.15) is 0 Å². The molecular formula is C9H13N3O2S. The number of rotatable bonds is 3. The second-order valence-electron chi connectivity index (χ2n) is 3.97. The number of carbonyl (C=O) groups is 1. The maximum atomic E-state index is 11.7. The summed E-state index contributed by atoms with van der Waals surface area (Å²) in [4.78, 5) is 13.4. The maximum absolute atomic E-state index is 11.7. The summed E-state index contributed by atoms with van der Waals surface area (Å²) in [7, 11) is 1.76. The number of aliphatic hydroxyl groups excluding tert-OH is 1. The first kappa shape index (κ1) is 10.5. The summed E-state index contributed by atoms with van der Waals surface area (Å²) in [6, 6.07) is 0. The number of hydrogen-bond acceptors (Lipinski definition) is 5. The Hall–Kier alpha value is -1.01. The smallest absolute Gasteiger partial charge is 0.275 e. The first-order valence-corrected chi connectivity index (χ1v) is 5.71. The Balaban J connectivity index is 1.86. The molecular weight excluding hydrogens is 214 g/mol. The zero-order valence-electron chi connectivity index (χ0n) is 8.46. The van der Waals surface area contributed by atoms with Crippen molar-refractivity contribution in [3.05, 3.63) is 11.1 Å². The molecule has 1 N–H and O–H groups in total. The summed E-state index contributed by atoms with van der Waals surface area (Å²) >= 11 is 1.18. The number of aromatic nitrogens is 2. The summed E-state index contributed by atoms with van der Waals surface area (Å²) < 4.78 is 3.66. The van der Waals surface area contributed by atoms with Gasteiger partial charge in [0.15, 0.2) is 5.69 Å². The van der Waals surface area contributed by atoms with E-state index >= 15 is 0 Å². The van der Waals surface area contributed by atoms with E-state index in [1.807, 2.05) is 0 Å². The van der Waals surface area contributed by atoms with Gasteiger partial charge in [0, 0.05) is 19.0 Å². The van der Waals surface area contributed by atoms with Crippen LogP contribution in [0.4, 0.5) is 0 Å². The van der Waals surface area contributed by atoms with Gasteiger partial charge in [-0.25, -0.2) is 0 Å². The highest BCUT2D eigenvalue weighted by atomic mass is 32.1. The summed E-state index contributed by atoms with van der Waals surface area (Å²) in [5.74, 6) is 0.339. The third-order valence-electron chi connectivity index (χ3n) is 2.67. The molecule has 1 saturated carbocycles. The van der Waals surface area contributed by atoms with Gasteiger partial charge in [0.25, 0.3) is 5.91 Å². The zero-order chi connectivity index (χ0) is 10.8. The van der Waals surface area contributed by atoms with Crippen molar-refractivity contribution < 1.29 is 9.90 Å². The number of hydrogen-bond donors (Lipinski definition) is 1. The fourth-order valence-corrected chi connectivity index (χ4v) is 2.20. The van der Waals surface area contributed by atoms with Crippen LogP contribution in [0.2, 0.25) is 0 Å². The molecule has 1 heterocycles. The Bertz CT molecular complexity index is 335. The van der Waals surface area contributed by atoms with Gasteiger partial charge in [-0.15, -0.1) is 5.10 Å². The second kappa shape index (κ2) is 4.24. The van der Waals surface area contributed by atoms with Crippen LogP contribution in [0.1, 0.15) is 23.3 Å². The molecule has 6 heteroatoms. The normalized spacial score (nSPS) is 24.7. The highest BCUT2D eigenvalue weighted by Crippen LogP contribution is 2.27. The van der Waals surface area contributed by atoms with Crippen molar-refractivity contribution in [2.45, 2.75) is 18.9 Å². The lowest BCUT2D eigenvalue weighted by molar-refractivity contribution is 0.0264. The van der Waals surface area contributed by atoms with Crippen LogP contribution in [-0.4, -0.2) is 45.2 Å². The molecule has 15 heavy (non-hydrogen) atoms. The number of amides is 1. The van der Waals surface area contributed by atoms with Crippen LogP contribution in [0.25, 0.3) is 0 Å². The van der Waals surface area contributed by atoms with E-state index in [-0.39, 0.29) is 12.0 Å². The summed E-state index contributed by atoms with van der Waals surface area (Å²) in [6.07, 6.45) is 1.43. The molecule has 82 valence electrons. The van der Waals surface area contributed by atoms with E-state index in [1.165, 1.54) is 11.5 Å². The highest BCUT2D eigenvalue weighted by molar-refractivity contribution is 7.03. The van der Waals surface area contributed by atoms with E-state index < -0.39 is 0 Å². The largest absolute Gasteiger partial charge is 0.393 e. The minimum Gasteiger partial charge on any atom is -0.393 e. The van der Waals surface area contributed by atoms with Gasteiger partial charge >= 0.3 is 0 Å². The Morgan fingerprint density at radius 2 is 2.47 bits per heavy atom. The molecule has 0 aromatic carbocycles. The third kappa shape index (κ3) is 2.32. The average molecular weight is 227 g/mol. The van der Waals surface area contributed by atoms with Gasteiger partial charge in [0.05, 0.1) is 6.10 Å². The number of carbonyl (C=O) groups excluding carboxylic acids is 1. The highest BCUT2D eigenvalue weighted by Gasteiger charge is 2.29. The van der Waals surface area contributed by atoms with Crippen molar-refractivity contribution in [1.29, 1.82) is 0 Å². The van der Waals surface area contributed by atoms with Crippen LogP contribution >= 0.6 is 11.5 Å². The van der Waals surface area contributed by atoms with E-state index in [9.17, 15) is 4.79 Å². The fraction of sp³-hybridized carbons (Fsp3) is 0.667. The SMILES string of the molecule is CN(CC1CC(O)C1)C(=O)c1csnn1. The second-order valence-corrected chi connectivity index (χ2v) is 4.58. The lowest BCUT2D eigenvalue weighted by Gasteiger charge is -2.34. The van der Waals surface area contributed by atoms with Crippen molar-refractivity contribution in [3.63, 3.8) is 0 Å². The maximum Gasteiger partial charge on any atom is 0.275 e. The molecule has 0 radical (unpaired) electrons. The summed E-state index contributed by atoms with van der Waals surface area (Å²) in [5, 5.41) is 14.5. The average Bonchev–Trinajstić information content (AvgIpc) is 2.66. The Kier molecular flexibility index (Phi) is 2.97. The lowest BCUT2D eigenvalue weighted by Crippen LogP contribution is -2.39. The van der Waals surface area contributed by atoms with Crippen molar-refractivity contribution in [3.8, 4) is 0 Å².